The van der Waals surface area contributed by atoms with Gasteiger partial charge in [-0.3, -0.25) is 0 Å². The van der Waals surface area contributed by atoms with E-state index in [9.17, 15) is 0 Å². The van der Waals surface area contributed by atoms with E-state index in [2.05, 4.69) is 279 Å². The lowest BCUT2D eigenvalue weighted by molar-refractivity contribution is 0.767. The molecule has 0 radical (unpaired) electrons. The Kier molecular flexibility index (Phi) is 9.27. The molecule has 0 amide bonds. The number of nitrogens with zero attached hydrogens (tertiary/aromatic N) is 1. The number of fused-ring (bicyclic) bond motifs is 7. The fourth-order valence-electron chi connectivity index (χ4n) is 12.0. The second-order valence-electron chi connectivity index (χ2n) is 18.4. The average Bonchev–Trinajstić information content (AvgIpc) is 3.88. The van der Waals surface area contributed by atoms with Crippen LogP contribution in [0.15, 0.2) is 267 Å². The maximum atomic E-state index is 2.52. The molecule has 1 nitrogen and oxygen atoms in total. The minimum Gasteiger partial charge on any atom is -0.310 e. The van der Waals surface area contributed by atoms with Crippen LogP contribution >= 0.6 is 0 Å². The van der Waals surface area contributed by atoms with Gasteiger partial charge >= 0.3 is 0 Å². The first-order valence-corrected chi connectivity index (χ1v) is 23.7. The molecule has 0 aromatic heterocycles. The van der Waals surface area contributed by atoms with Gasteiger partial charge in [0.2, 0.25) is 0 Å². The first-order chi connectivity index (χ1) is 33.6. The van der Waals surface area contributed by atoms with Crippen LogP contribution < -0.4 is 4.90 Å². The smallest absolute Gasteiger partial charge is 0.0714 e. The van der Waals surface area contributed by atoms with E-state index >= 15 is 0 Å². The summed E-state index contributed by atoms with van der Waals surface area (Å²) in [4.78, 5) is 2.52. The van der Waals surface area contributed by atoms with Crippen molar-refractivity contribution in [2.24, 2.45) is 0 Å². The fourth-order valence-corrected chi connectivity index (χ4v) is 12.0. The summed E-state index contributed by atoms with van der Waals surface area (Å²) in [6, 6.07) is 99.5. The molecule has 0 bridgehead atoms. The second-order valence-corrected chi connectivity index (χ2v) is 18.4. The Labute approximate surface area is 398 Å². The van der Waals surface area contributed by atoms with Crippen molar-refractivity contribution in [3.05, 3.63) is 317 Å². The molecule has 2 aliphatic carbocycles. The van der Waals surface area contributed by atoms with Gasteiger partial charge in [-0.25, -0.2) is 0 Å². The molecule has 13 rings (SSSR count). The summed E-state index contributed by atoms with van der Waals surface area (Å²) < 4.78 is 0. The normalized spacial score (nSPS) is 13.6. The van der Waals surface area contributed by atoms with Crippen molar-refractivity contribution in [2.75, 3.05) is 4.90 Å². The third-order valence-corrected chi connectivity index (χ3v) is 14.9. The number of benzene rings is 11. The molecule has 320 valence electrons. The van der Waals surface area contributed by atoms with Gasteiger partial charge in [0.25, 0.3) is 0 Å². The van der Waals surface area contributed by atoms with E-state index in [1.807, 2.05) is 0 Å². The van der Waals surface area contributed by atoms with Gasteiger partial charge < -0.3 is 4.90 Å². The van der Waals surface area contributed by atoms with Crippen LogP contribution in [-0.2, 0) is 10.8 Å². The van der Waals surface area contributed by atoms with Crippen molar-refractivity contribution in [2.45, 2.75) is 17.8 Å². The summed E-state index contributed by atoms with van der Waals surface area (Å²) in [6.07, 6.45) is 0. The number of hydrogen-bond donors (Lipinski definition) is 0. The lowest BCUT2D eigenvalue weighted by Crippen LogP contribution is -2.29. The van der Waals surface area contributed by atoms with E-state index in [0.29, 0.717) is 0 Å². The predicted octanol–water partition coefficient (Wildman–Crippen LogP) is 17.0. The van der Waals surface area contributed by atoms with Gasteiger partial charge in [0.1, 0.15) is 0 Å². The highest BCUT2D eigenvalue weighted by Gasteiger charge is 2.48. The van der Waals surface area contributed by atoms with Crippen LogP contribution in [0.1, 0.15) is 50.1 Å². The largest absolute Gasteiger partial charge is 0.310 e. The highest BCUT2D eigenvalue weighted by atomic mass is 15.1. The summed E-state index contributed by atoms with van der Waals surface area (Å²) in [5.74, 6) is 0. The molecule has 0 aliphatic heterocycles. The van der Waals surface area contributed by atoms with Gasteiger partial charge in [0, 0.05) is 16.9 Å². The number of aryl methyl sites for hydroxylation is 1. The maximum absolute atomic E-state index is 2.52. The predicted molar refractivity (Wildman–Crippen MR) is 283 cm³/mol. The average molecular weight is 866 g/mol. The lowest BCUT2D eigenvalue weighted by atomic mass is 9.67. The Morgan fingerprint density at radius 1 is 0.294 bits per heavy atom. The molecular formula is C67H47N. The van der Waals surface area contributed by atoms with Gasteiger partial charge in [-0.05, 0) is 126 Å². The topological polar surface area (TPSA) is 3.24 Å². The molecule has 68 heavy (non-hydrogen) atoms. The van der Waals surface area contributed by atoms with E-state index in [1.54, 1.807) is 0 Å². The molecule has 1 heteroatoms. The van der Waals surface area contributed by atoms with Crippen molar-refractivity contribution in [1.29, 1.82) is 0 Å². The van der Waals surface area contributed by atoms with Crippen molar-refractivity contribution in [1.82, 2.24) is 0 Å². The Morgan fingerprint density at radius 2 is 0.794 bits per heavy atom. The standard InChI is InChI=1S/C67H47N/c1-46-35-42-62-59(43-46)65-63(66(62,51-21-5-2-6-22-51)52-23-7-3-8-24-52)33-18-34-64(65)68(55-40-38-48(39-41-55)50-37-36-47-19-11-12-20-49(47)44-50)56-28-17-27-54(45-56)67(53-25-9-4-10-26-53)60-31-15-13-29-57(60)58-30-14-16-32-61(58)67/h2-45H,1H3. The van der Waals surface area contributed by atoms with E-state index in [1.165, 1.54) is 94.2 Å². The van der Waals surface area contributed by atoms with E-state index < -0.39 is 10.8 Å². The molecule has 0 heterocycles. The SMILES string of the molecule is Cc1ccc2c(c1)-c1c(N(c3ccc(-c4ccc5ccccc5c4)cc3)c3cccc(C4(c5ccccc5)c5ccccc5-c5ccccc54)c3)cccc1C2(c1ccccc1)c1ccccc1. The highest BCUT2D eigenvalue weighted by molar-refractivity contribution is 5.98. The van der Waals surface area contributed by atoms with Gasteiger partial charge in [-0.1, -0.05) is 236 Å². The maximum Gasteiger partial charge on any atom is 0.0714 e. The molecule has 0 atom stereocenters. The molecular weight excluding hydrogens is 819 g/mol. The van der Waals surface area contributed by atoms with Crippen molar-refractivity contribution in [3.63, 3.8) is 0 Å². The molecule has 0 unspecified atom stereocenters. The quantitative estimate of drug-likeness (QED) is 0.147. The third-order valence-electron chi connectivity index (χ3n) is 14.9. The number of hydrogen-bond acceptors (Lipinski definition) is 1. The number of anilines is 3. The second kappa shape index (κ2) is 15.8. The monoisotopic (exact) mass is 865 g/mol. The zero-order valence-electron chi connectivity index (χ0n) is 37.9. The van der Waals surface area contributed by atoms with E-state index in [4.69, 9.17) is 0 Å². The Balaban J connectivity index is 1.09. The van der Waals surface area contributed by atoms with E-state index in [0.717, 1.165) is 17.1 Å². The van der Waals surface area contributed by atoms with Crippen molar-refractivity contribution < 1.29 is 0 Å². The highest BCUT2D eigenvalue weighted by Crippen LogP contribution is 2.61. The first kappa shape index (κ1) is 39.8. The van der Waals surface area contributed by atoms with Crippen LogP contribution in [0.5, 0.6) is 0 Å². The summed E-state index contributed by atoms with van der Waals surface area (Å²) in [5.41, 5.74) is 21.1. The lowest BCUT2D eigenvalue weighted by Gasteiger charge is -2.36. The van der Waals surface area contributed by atoms with Gasteiger partial charge in [0.05, 0.1) is 16.5 Å². The molecule has 11 aromatic carbocycles. The molecule has 0 saturated heterocycles. The van der Waals surface area contributed by atoms with E-state index in [-0.39, 0.29) is 0 Å². The van der Waals surface area contributed by atoms with Crippen LogP contribution in [0.25, 0.3) is 44.2 Å². The zero-order valence-corrected chi connectivity index (χ0v) is 37.9. The van der Waals surface area contributed by atoms with Gasteiger partial charge in [-0.2, -0.15) is 0 Å². The van der Waals surface area contributed by atoms with Crippen LogP contribution in [0.2, 0.25) is 0 Å². The fraction of sp³-hybridized carbons (Fsp3) is 0.0448. The molecule has 0 fully saturated rings. The summed E-state index contributed by atoms with van der Waals surface area (Å²) in [7, 11) is 0. The molecule has 11 aromatic rings. The minimum absolute atomic E-state index is 0.543. The number of rotatable bonds is 8. The Hall–Kier alpha value is -8.52. The molecule has 0 spiro atoms. The summed E-state index contributed by atoms with van der Waals surface area (Å²) >= 11 is 0. The van der Waals surface area contributed by atoms with Crippen molar-refractivity contribution in [3.8, 4) is 33.4 Å². The first-order valence-electron chi connectivity index (χ1n) is 23.7. The Morgan fingerprint density at radius 3 is 1.44 bits per heavy atom. The van der Waals surface area contributed by atoms with Crippen LogP contribution in [0, 0.1) is 6.92 Å². The minimum atomic E-state index is -0.547. The van der Waals surface area contributed by atoms with Gasteiger partial charge in [-0.15, -0.1) is 0 Å². The summed E-state index contributed by atoms with van der Waals surface area (Å²) in [5, 5.41) is 2.49. The van der Waals surface area contributed by atoms with Crippen LogP contribution in [0.3, 0.4) is 0 Å². The zero-order chi connectivity index (χ0) is 45.2. The molecule has 0 N–H and O–H groups in total. The third kappa shape index (κ3) is 5.89. The van der Waals surface area contributed by atoms with Gasteiger partial charge in [0.15, 0.2) is 0 Å². The Bertz CT molecular complexity index is 3600. The molecule has 2 aliphatic rings. The molecule has 0 saturated carbocycles. The van der Waals surface area contributed by atoms with Crippen molar-refractivity contribution >= 4 is 27.8 Å². The van der Waals surface area contributed by atoms with Crippen LogP contribution in [-0.4, -0.2) is 0 Å². The summed E-state index contributed by atoms with van der Waals surface area (Å²) in [6.45, 7) is 2.22. The van der Waals surface area contributed by atoms with Crippen LogP contribution in [0.4, 0.5) is 17.1 Å².